The van der Waals surface area contributed by atoms with Crippen LogP contribution in [0.1, 0.15) is 28.7 Å². The largest absolute Gasteiger partial charge is 0.491 e. The van der Waals surface area contributed by atoms with E-state index in [9.17, 15) is 9.59 Å². The van der Waals surface area contributed by atoms with Crippen LogP contribution >= 0.6 is 0 Å². The molecule has 30 heavy (non-hydrogen) atoms. The topological polar surface area (TPSA) is 105 Å². The fraction of sp³-hybridized carbons (Fsp3) is 0.333. The van der Waals surface area contributed by atoms with Crippen molar-refractivity contribution in [3.05, 3.63) is 63.7 Å². The van der Waals surface area contributed by atoms with Crippen molar-refractivity contribution in [1.29, 1.82) is 0 Å². The number of nitrogens with zero attached hydrogens (tertiary/aromatic N) is 4. The molecular weight excluding hydrogens is 384 g/mol. The van der Waals surface area contributed by atoms with Gasteiger partial charge in [0.05, 0.1) is 11.3 Å². The van der Waals surface area contributed by atoms with E-state index in [1.165, 1.54) is 10.7 Å². The Morgan fingerprint density at radius 2 is 2.03 bits per heavy atom. The van der Waals surface area contributed by atoms with Crippen LogP contribution in [0.15, 0.2) is 41.2 Å². The van der Waals surface area contributed by atoms with E-state index < -0.39 is 0 Å². The van der Waals surface area contributed by atoms with Crippen molar-refractivity contribution in [1.82, 2.24) is 24.6 Å². The van der Waals surface area contributed by atoms with Crippen molar-refractivity contribution < 1.29 is 9.53 Å². The maximum atomic E-state index is 13.0. The molecule has 3 rings (SSSR count). The number of amides is 1. The summed E-state index contributed by atoms with van der Waals surface area (Å²) >= 11 is 0. The van der Waals surface area contributed by atoms with Gasteiger partial charge in [0, 0.05) is 24.4 Å². The molecule has 0 bridgehead atoms. The number of carbonyl (C=O) groups excluding carboxylic acids is 1. The number of rotatable bonds is 8. The molecule has 0 aliphatic heterocycles. The van der Waals surface area contributed by atoms with Crippen molar-refractivity contribution in [2.24, 2.45) is 0 Å². The second kappa shape index (κ2) is 9.36. The summed E-state index contributed by atoms with van der Waals surface area (Å²) in [4.78, 5) is 34.0. The first-order valence-electron chi connectivity index (χ1n) is 9.72. The molecule has 2 N–H and O–H groups in total. The summed E-state index contributed by atoms with van der Waals surface area (Å²) in [5.74, 6) is 0.806. The number of benzene rings is 1. The Labute approximate surface area is 174 Å². The quantitative estimate of drug-likeness (QED) is 0.589. The molecule has 0 aliphatic carbocycles. The molecule has 158 valence electrons. The fourth-order valence-corrected chi connectivity index (χ4v) is 2.83. The first-order valence-corrected chi connectivity index (χ1v) is 9.72. The highest BCUT2D eigenvalue weighted by molar-refractivity contribution is 6.05. The van der Waals surface area contributed by atoms with Gasteiger partial charge in [-0.15, -0.1) is 0 Å². The molecule has 9 nitrogen and oxygen atoms in total. The molecule has 3 aromatic rings. The molecule has 0 spiro atoms. The van der Waals surface area contributed by atoms with E-state index in [1.807, 2.05) is 32.0 Å². The summed E-state index contributed by atoms with van der Waals surface area (Å²) < 4.78 is 7.21. The average Bonchev–Trinajstić information content (AvgIpc) is 3.07. The lowest BCUT2D eigenvalue weighted by Gasteiger charge is -2.14. The van der Waals surface area contributed by atoms with Gasteiger partial charge in [0.25, 0.3) is 11.5 Å². The summed E-state index contributed by atoms with van der Waals surface area (Å²) in [5, 5.41) is 7.22. The summed E-state index contributed by atoms with van der Waals surface area (Å²) in [6, 6.07) is 10.2. The van der Waals surface area contributed by atoms with Gasteiger partial charge < -0.3 is 15.0 Å². The molecule has 2 aromatic heterocycles. The van der Waals surface area contributed by atoms with Crippen LogP contribution in [0, 0.1) is 6.92 Å². The zero-order valence-electron chi connectivity index (χ0n) is 17.6. The zero-order chi connectivity index (χ0) is 21.7. The number of aromatic amines is 1. The Morgan fingerprint density at radius 1 is 1.27 bits per heavy atom. The second-order valence-corrected chi connectivity index (χ2v) is 7.10. The molecule has 0 fully saturated rings. The summed E-state index contributed by atoms with van der Waals surface area (Å²) in [5.41, 5.74) is 1.44. The summed E-state index contributed by atoms with van der Waals surface area (Å²) in [6.07, 6.45) is 0.608. The van der Waals surface area contributed by atoms with Crippen LogP contribution < -0.4 is 15.6 Å². The van der Waals surface area contributed by atoms with Crippen molar-refractivity contribution in [2.45, 2.75) is 20.3 Å². The van der Waals surface area contributed by atoms with Crippen molar-refractivity contribution in [3.8, 4) is 11.7 Å². The second-order valence-electron chi connectivity index (χ2n) is 7.10. The lowest BCUT2D eigenvalue weighted by molar-refractivity contribution is 0.102. The van der Waals surface area contributed by atoms with Gasteiger partial charge in [-0.05, 0) is 39.6 Å². The Hall–Kier alpha value is -3.46. The molecular formula is C21H26N6O3. The SMILES string of the molecule is CCc1cc(=O)[nH]c(-n2nc(C)cc2NC(=O)c2ccccc2OCCN(C)C)n1. The van der Waals surface area contributed by atoms with Gasteiger partial charge in [0.1, 0.15) is 18.2 Å². The minimum atomic E-state index is -0.342. The van der Waals surface area contributed by atoms with Gasteiger partial charge in [-0.3, -0.25) is 14.6 Å². The van der Waals surface area contributed by atoms with E-state index in [0.717, 1.165) is 6.54 Å². The summed E-state index contributed by atoms with van der Waals surface area (Å²) in [7, 11) is 3.91. The predicted octanol–water partition coefficient (Wildman–Crippen LogP) is 2.02. The molecule has 0 atom stereocenters. The van der Waals surface area contributed by atoms with Gasteiger partial charge in [-0.2, -0.15) is 9.78 Å². The lowest BCUT2D eigenvalue weighted by atomic mass is 10.2. The maximum Gasteiger partial charge on any atom is 0.260 e. The number of carbonyl (C=O) groups is 1. The smallest absolute Gasteiger partial charge is 0.260 e. The van der Waals surface area contributed by atoms with Crippen molar-refractivity contribution in [3.63, 3.8) is 0 Å². The molecule has 0 aliphatic rings. The van der Waals surface area contributed by atoms with Crippen LogP contribution in [0.2, 0.25) is 0 Å². The maximum absolute atomic E-state index is 13.0. The minimum Gasteiger partial charge on any atom is -0.491 e. The van der Waals surface area contributed by atoms with E-state index >= 15 is 0 Å². The minimum absolute atomic E-state index is 0.248. The molecule has 1 amide bonds. The number of H-pyrrole nitrogens is 1. The standard InChI is InChI=1S/C21H26N6O3/c1-5-15-13-19(28)24-21(22-15)27-18(12-14(2)25-27)23-20(29)16-8-6-7-9-17(16)30-11-10-26(3)4/h6-9,12-13H,5,10-11H2,1-4H3,(H,23,29)(H,22,24,28). The Kier molecular flexibility index (Phi) is 6.63. The summed E-state index contributed by atoms with van der Waals surface area (Å²) in [6.45, 7) is 4.90. The first-order chi connectivity index (χ1) is 14.4. The number of hydrogen-bond acceptors (Lipinski definition) is 6. The molecule has 0 saturated carbocycles. The van der Waals surface area contributed by atoms with Gasteiger partial charge in [-0.25, -0.2) is 4.98 Å². The van der Waals surface area contributed by atoms with Crippen molar-refractivity contribution >= 4 is 11.7 Å². The zero-order valence-corrected chi connectivity index (χ0v) is 17.6. The Balaban J connectivity index is 1.87. The van der Waals surface area contributed by atoms with Gasteiger partial charge in [0.2, 0.25) is 5.95 Å². The third kappa shape index (κ3) is 5.12. The Bertz CT molecular complexity index is 1090. The van der Waals surface area contributed by atoms with E-state index in [4.69, 9.17) is 4.74 Å². The predicted molar refractivity (Wildman–Crippen MR) is 115 cm³/mol. The molecule has 9 heteroatoms. The number of para-hydroxylation sites is 1. The number of anilines is 1. The highest BCUT2D eigenvalue weighted by Crippen LogP contribution is 2.21. The average molecular weight is 410 g/mol. The molecule has 0 unspecified atom stereocenters. The molecule has 0 saturated heterocycles. The van der Waals surface area contributed by atoms with Crippen LogP contribution in [0.4, 0.5) is 5.82 Å². The highest BCUT2D eigenvalue weighted by atomic mass is 16.5. The number of hydrogen-bond donors (Lipinski definition) is 2. The van der Waals surface area contributed by atoms with Crippen LogP contribution in [0.25, 0.3) is 5.95 Å². The molecule has 0 radical (unpaired) electrons. The van der Waals surface area contributed by atoms with Gasteiger partial charge in [0.15, 0.2) is 0 Å². The lowest BCUT2D eigenvalue weighted by Crippen LogP contribution is -2.21. The van der Waals surface area contributed by atoms with Crippen LogP contribution in [-0.2, 0) is 6.42 Å². The number of nitrogens with one attached hydrogen (secondary N) is 2. The Morgan fingerprint density at radius 3 is 2.77 bits per heavy atom. The molecule has 1 aromatic carbocycles. The normalized spacial score (nSPS) is 11.0. The van der Waals surface area contributed by atoms with Crippen LogP contribution in [-0.4, -0.2) is 57.8 Å². The monoisotopic (exact) mass is 410 g/mol. The van der Waals surface area contributed by atoms with E-state index in [0.29, 0.717) is 41.5 Å². The fourth-order valence-electron chi connectivity index (χ4n) is 2.83. The third-order valence-corrected chi connectivity index (χ3v) is 4.35. The van der Waals surface area contributed by atoms with Crippen LogP contribution in [0.3, 0.4) is 0 Å². The number of ether oxygens (including phenoxy) is 1. The molecule has 2 heterocycles. The van der Waals surface area contributed by atoms with Gasteiger partial charge >= 0.3 is 0 Å². The third-order valence-electron chi connectivity index (χ3n) is 4.35. The number of likely N-dealkylation sites (N-methyl/N-ethyl adjacent to an activating group) is 1. The first kappa shape index (κ1) is 21.3. The van der Waals surface area contributed by atoms with Crippen molar-refractivity contribution in [2.75, 3.05) is 32.6 Å². The number of aromatic nitrogens is 4. The van der Waals surface area contributed by atoms with Gasteiger partial charge in [-0.1, -0.05) is 19.1 Å². The van der Waals surface area contributed by atoms with E-state index in [2.05, 4.69) is 20.4 Å². The number of aryl methyl sites for hydroxylation is 2. The van der Waals surface area contributed by atoms with E-state index in [1.54, 1.807) is 31.2 Å². The highest BCUT2D eigenvalue weighted by Gasteiger charge is 2.17. The van der Waals surface area contributed by atoms with E-state index in [-0.39, 0.29) is 17.4 Å². The van der Waals surface area contributed by atoms with Crippen LogP contribution in [0.5, 0.6) is 5.75 Å².